The van der Waals surface area contributed by atoms with Gasteiger partial charge in [0.05, 0.1) is 5.33 Å². The van der Waals surface area contributed by atoms with E-state index in [0.29, 0.717) is 0 Å². The maximum Gasteiger partial charge on any atom is 0.446 e. The molecule has 0 atom stereocenters. The fraction of sp³-hybridized carbons (Fsp3) is 0.364. The van der Waals surface area contributed by atoms with Crippen LogP contribution in [0, 0.1) is 0 Å². The molecule has 0 bridgehead atoms. The number of benzene rings is 1. The molecule has 0 amide bonds. The number of hydrogen-bond donors (Lipinski definition) is 0. The molecule has 8 heteroatoms. The fourth-order valence-electron chi connectivity index (χ4n) is 1.40. The van der Waals surface area contributed by atoms with Crippen LogP contribution in [-0.4, -0.2) is 16.6 Å². The Kier molecular flexibility index (Phi) is 5.79. The van der Waals surface area contributed by atoms with Crippen molar-refractivity contribution >= 4 is 33.5 Å². The quantitative estimate of drug-likeness (QED) is 0.427. The zero-order valence-corrected chi connectivity index (χ0v) is 11.7. The molecule has 0 heterocycles. The molecule has 1 aromatic carbocycles. The molecule has 0 spiro atoms. The van der Waals surface area contributed by atoms with Gasteiger partial charge in [-0.25, -0.2) is 8.78 Å². The minimum Gasteiger partial charge on any atom is -0.298 e. The number of alkyl halides is 6. The molecule has 0 unspecified atom stereocenters. The lowest BCUT2D eigenvalue weighted by Crippen LogP contribution is -2.07. The second-order valence-corrected chi connectivity index (χ2v) is 5.26. The van der Waals surface area contributed by atoms with Gasteiger partial charge < -0.3 is 0 Å². The highest BCUT2D eigenvalue weighted by atomic mass is 79.9. The zero-order chi connectivity index (χ0) is 14.6. The van der Waals surface area contributed by atoms with Crippen LogP contribution >= 0.6 is 27.7 Å². The van der Waals surface area contributed by atoms with Gasteiger partial charge in [-0.3, -0.25) is 4.79 Å². The predicted molar refractivity (Wildman–Crippen MR) is 65.8 cm³/mol. The Morgan fingerprint density at radius 1 is 1.32 bits per heavy atom. The van der Waals surface area contributed by atoms with Crippen molar-refractivity contribution in [1.82, 2.24) is 0 Å². The normalized spacial score (nSPS) is 11.9. The van der Waals surface area contributed by atoms with E-state index in [1.807, 2.05) is 0 Å². The van der Waals surface area contributed by atoms with Crippen LogP contribution in [0.15, 0.2) is 23.1 Å². The van der Waals surface area contributed by atoms with Gasteiger partial charge in [-0.2, -0.15) is 13.2 Å². The number of rotatable bonds is 5. The lowest BCUT2D eigenvalue weighted by molar-refractivity contribution is -0.115. The first-order valence-corrected chi connectivity index (χ1v) is 6.91. The standard InChI is InChI=1S/C11H8BrF5OS/c12-5-7(18)3-6-4-8(19-11(15,16)17)1-2-9(6)10(13)14/h1-2,4,10H,3,5H2. The Labute approximate surface area is 118 Å². The molecule has 0 fully saturated rings. The highest BCUT2D eigenvalue weighted by Gasteiger charge is 2.29. The Hall–Kier alpha value is -0.630. The van der Waals surface area contributed by atoms with Gasteiger partial charge in [0.15, 0.2) is 0 Å². The number of carbonyl (C=O) groups excluding carboxylic acids is 1. The maximum absolute atomic E-state index is 12.7. The summed E-state index contributed by atoms with van der Waals surface area (Å²) in [7, 11) is 0. The van der Waals surface area contributed by atoms with E-state index in [9.17, 15) is 26.7 Å². The predicted octanol–water partition coefficient (Wildman–Crippen LogP) is 4.74. The number of halogens is 6. The molecule has 0 saturated carbocycles. The summed E-state index contributed by atoms with van der Waals surface area (Å²) < 4.78 is 62.0. The van der Waals surface area contributed by atoms with E-state index < -0.39 is 29.3 Å². The van der Waals surface area contributed by atoms with E-state index in [2.05, 4.69) is 15.9 Å². The summed E-state index contributed by atoms with van der Waals surface area (Å²) in [4.78, 5) is 11.0. The van der Waals surface area contributed by atoms with Gasteiger partial charge in [-0.15, -0.1) is 0 Å². The molecule has 106 valence electrons. The summed E-state index contributed by atoms with van der Waals surface area (Å²) in [6.07, 6.45) is -3.15. The largest absolute Gasteiger partial charge is 0.446 e. The highest BCUT2D eigenvalue weighted by Crippen LogP contribution is 2.38. The van der Waals surface area contributed by atoms with E-state index in [-0.39, 0.29) is 28.0 Å². The van der Waals surface area contributed by atoms with E-state index >= 15 is 0 Å². The van der Waals surface area contributed by atoms with Crippen LogP contribution in [-0.2, 0) is 11.2 Å². The van der Waals surface area contributed by atoms with E-state index in [1.165, 1.54) is 0 Å². The number of Topliss-reactive ketones (excluding diaryl/α,β-unsaturated/α-hetero) is 1. The molecule has 0 saturated heterocycles. The van der Waals surface area contributed by atoms with Crippen LogP contribution in [0.5, 0.6) is 0 Å². The molecule has 0 aliphatic rings. The van der Waals surface area contributed by atoms with Crippen LogP contribution in [0.3, 0.4) is 0 Å². The zero-order valence-electron chi connectivity index (χ0n) is 9.31. The average molecular weight is 363 g/mol. The molecule has 1 aromatic rings. The van der Waals surface area contributed by atoms with Crippen molar-refractivity contribution in [2.75, 3.05) is 5.33 Å². The molecule has 0 radical (unpaired) electrons. The highest BCUT2D eigenvalue weighted by molar-refractivity contribution is 9.09. The van der Waals surface area contributed by atoms with Crippen LogP contribution < -0.4 is 0 Å². The molecule has 0 N–H and O–H groups in total. The van der Waals surface area contributed by atoms with Gasteiger partial charge in [0, 0.05) is 16.9 Å². The van der Waals surface area contributed by atoms with Crippen molar-refractivity contribution in [1.29, 1.82) is 0 Å². The van der Waals surface area contributed by atoms with Gasteiger partial charge in [-0.05, 0) is 29.5 Å². The molecule has 0 aliphatic heterocycles. The minimum atomic E-state index is -4.50. The number of hydrogen-bond acceptors (Lipinski definition) is 2. The molecular formula is C11H8BrF5OS. The van der Waals surface area contributed by atoms with Crippen LogP contribution in [0.1, 0.15) is 17.6 Å². The van der Waals surface area contributed by atoms with Crippen molar-refractivity contribution in [3.05, 3.63) is 29.3 Å². The summed E-state index contributed by atoms with van der Waals surface area (Å²) in [5.41, 5.74) is -4.99. The second-order valence-electron chi connectivity index (χ2n) is 3.56. The van der Waals surface area contributed by atoms with Gasteiger partial charge >= 0.3 is 5.51 Å². The monoisotopic (exact) mass is 362 g/mol. The van der Waals surface area contributed by atoms with Gasteiger partial charge in [0.25, 0.3) is 6.43 Å². The number of thioether (sulfide) groups is 1. The fourth-order valence-corrected chi connectivity index (χ4v) is 2.21. The maximum atomic E-state index is 12.7. The van der Waals surface area contributed by atoms with Crippen molar-refractivity contribution in [2.24, 2.45) is 0 Å². The molecule has 1 rings (SSSR count). The van der Waals surface area contributed by atoms with Gasteiger partial charge in [-0.1, -0.05) is 22.0 Å². The van der Waals surface area contributed by atoms with Crippen molar-refractivity contribution in [3.8, 4) is 0 Å². The Balaban J connectivity index is 3.07. The third kappa shape index (κ3) is 5.48. The summed E-state index contributed by atoms with van der Waals surface area (Å²) in [6.45, 7) is 0. The molecule has 0 aromatic heterocycles. The Bertz CT molecular complexity index is 461. The Morgan fingerprint density at radius 2 is 1.95 bits per heavy atom. The molecular weight excluding hydrogens is 355 g/mol. The van der Waals surface area contributed by atoms with Crippen LogP contribution in [0.2, 0.25) is 0 Å². The first kappa shape index (κ1) is 16.4. The Morgan fingerprint density at radius 3 is 2.42 bits per heavy atom. The van der Waals surface area contributed by atoms with Gasteiger partial charge in [0.1, 0.15) is 5.78 Å². The van der Waals surface area contributed by atoms with Crippen molar-refractivity contribution < 1.29 is 26.7 Å². The number of carbonyl (C=O) groups is 1. The molecule has 0 aliphatic carbocycles. The minimum absolute atomic E-state index is 0.0354. The SMILES string of the molecule is O=C(CBr)Cc1cc(SC(F)(F)F)ccc1C(F)F. The number of ketones is 1. The second kappa shape index (κ2) is 6.69. The summed E-state index contributed by atoms with van der Waals surface area (Å²) >= 11 is 2.48. The third-order valence-electron chi connectivity index (χ3n) is 2.12. The van der Waals surface area contributed by atoms with Crippen molar-refractivity contribution in [3.63, 3.8) is 0 Å². The first-order chi connectivity index (χ1) is 8.73. The summed E-state index contributed by atoms with van der Waals surface area (Å²) in [5, 5.41) is -0.0354. The van der Waals surface area contributed by atoms with E-state index in [0.717, 1.165) is 18.2 Å². The topological polar surface area (TPSA) is 17.1 Å². The average Bonchev–Trinajstić information content (AvgIpc) is 2.26. The van der Waals surface area contributed by atoms with E-state index in [1.54, 1.807) is 0 Å². The first-order valence-electron chi connectivity index (χ1n) is 4.97. The lowest BCUT2D eigenvalue weighted by Gasteiger charge is -2.11. The van der Waals surface area contributed by atoms with Crippen LogP contribution in [0.4, 0.5) is 22.0 Å². The van der Waals surface area contributed by atoms with Crippen molar-refractivity contribution in [2.45, 2.75) is 23.3 Å². The van der Waals surface area contributed by atoms with Gasteiger partial charge in [0.2, 0.25) is 0 Å². The smallest absolute Gasteiger partial charge is 0.298 e. The lowest BCUT2D eigenvalue weighted by atomic mass is 10.0. The molecule has 1 nitrogen and oxygen atoms in total. The summed E-state index contributed by atoms with van der Waals surface area (Å²) in [5.74, 6) is -0.379. The third-order valence-corrected chi connectivity index (χ3v) is 3.47. The van der Waals surface area contributed by atoms with Crippen LogP contribution in [0.25, 0.3) is 0 Å². The van der Waals surface area contributed by atoms with E-state index in [4.69, 9.17) is 0 Å². The molecule has 19 heavy (non-hydrogen) atoms. The summed E-state index contributed by atoms with van der Waals surface area (Å²) in [6, 6.07) is 2.89.